The Hall–Kier alpha value is -3.66. The van der Waals surface area contributed by atoms with Crippen molar-refractivity contribution in [3.63, 3.8) is 0 Å². The number of thiazole rings is 1. The molecule has 0 unspecified atom stereocenters. The maximum atomic E-state index is 11.7. The van der Waals surface area contributed by atoms with E-state index in [4.69, 9.17) is 14.5 Å². The Kier molecular flexibility index (Phi) is 6.80. The van der Waals surface area contributed by atoms with Gasteiger partial charge in [-0.1, -0.05) is 18.3 Å². The molecule has 0 atom stereocenters. The molecule has 1 aromatic carbocycles. The molecule has 1 N–H and O–H groups in total. The van der Waals surface area contributed by atoms with Crippen molar-refractivity contribution in [3.8, 4) is 11.0 Å². The molecule has 1 fully saturated rings. The average Bonchev–Trinajstić information content (AvgIpc) is 3.51. The van der Waals surface area contributed by atoms with Gasteiger partial charge in [0.15, 0.2) is 5.82 Å². The molecule has 0 aliphatic carbocycles. The minimum Gasteiger partial charge on any atom is -0.467 e. The number of fused-ring (bicyclic) bond motifs is 1. The summed E-state index contributed by atoms with van der Waals surface area (Å²) >= 11 is 1.50. The van der Waals surface area contributed by atoms with Crippen molar-refractivity contribution in [2.45, 2.75) is 39.2 Å². The molecule has 4 heterocycles. The van der Waals surface area contributed by atoms with Crippen LogP contribution < -0.4 is 15.0 Å². The number of ether oxygens (including phenoxy) is 2. The Morgan fingerprint density at radius 3 is 2.71 bits per heavy atom. The molecule has 1 amide bonds. The standard InChI is InChI=1S/C25H28N6O3S/c1-3-17-14-26-23(27-15-17)30-10-8-20(9-11-30)34-25-29-22(16-35-25)31-12-7-18-13-19(5-6-21(18)31)28-24(32)33-4-2/h5-7,12-16,20H,3-4,8-11H2,1-2H3,(H,28,32). The Morgan fingerprint density at radius 1 is 1.17 bits per heavy atom. The second-order valence-electron chi connectivity index (χ2n) is 8.33. The van der Waals surface area contributed by atoms with E-state index in [9.17, 15) is 4.79 Å². The van der Waals surface area contributed by atoms with Crippen LogP contribution in [0.1, 0.15) is 32.3 Å². The van der Waals surface area contributed by atoms with Crippen molar-refractivity contribution in [2.75, 3.05) is 29.9 Å². The SMILES string of the molecule is CCOC(=O)Nc1ccc2c(ccn2-c2csc(OC3CCN(c4ncc(CC)cn4)CC3)n2)c1. The number of hydrogen-bond donors (Lipinski definition) is 1. The summed E-state index contributed by atoms with van der Waals surface area (Å²) in [4.78, 5) is 27.6. The molecule has 5 rings (SSSR count). The van der Waals surface area contributed by atoms with Crippen molar-refractivity contribution < 1.29 is 14.3 Å². The lowest BCUT2D eigenvalue weighted by molar-refractivity contribution is 0.168. The van der Waals surface area contributed by atoms with Crippen LogP contribution in [0.3, 0.4) is 0 Å². The van der Waals surface area contributed by atoms with E-state index in [1.165, 1.54) is 11.3 Å². The van der Waals surface area contributed by atoms with E-state index in [0.717, 1.165) is 60.6 Å². The van der Waals surface area contributed by atoms with Crippen molar-refractivity contribution in [1.82, 2.24) is 19.5 Å². The molecule has 35 heavy (non-hydrogen) atoms. The quantitative estimate of drug-likeness (QED) is 0.385. The highest BCUT2D eigenvalue weighted by atomic mass is 32.1. The zero-order valence-electron chi connectivity index (χ0n) is 19.8. The van der Waals surface area contributed by atoms with Gasteiger partial charge in [-0.25, -0.2) is 14.8 Å². The van der Waals surface area contributed by atoms with Crippen LogP contribution in [-0.2, 0) is 11.2 Å². The van der Waals surface area contributed by atoms with Gasteiger partial charge in [-0.15, -0.1) is 0 Å². The summed E-state index contributed by atoms with van der Waals surface area (Å²) < 4.78 is 13.2. The topological polar surface area (TPSA) is 94.4 Å². The number of nitrogens with one attached hydrogen (secondary N) is 1. The fraction of sp³-hybridized carbons (Fsp3) is 0.360. The zero-order valence-corrected chi connectivity index (χ0v) is 20.6. The van der Waals surface area contributed by atoms with Crippen LogP contribution >= 0.6 is 11.3 Å². The number of anilines is 2. The third-order valence-electron chi connectivity index (χ3n) is 6.02. The van der Waals surface area contributed by atoms with Gasteiger partial charge in [0.2, 0.25) is 5.95 Å². The molecule has 1 aliphatic heterocycles. The Morgan fingerprint density at radius 2 is 1.97 bits per heavy atom. The molecule has 1 saturated heterocycles. The summed E-state index contributed by atoms with van der Waals surface area (Å²) in [6, 6.07) is 7.73. The van der Waals surface area contributed by atoms with E-state index >= 15 is 0 Å². The number of nitrogens with zero attached hydrogens (tertiary/aromatic N) is 5. The Labute approximate surface area is 207 Å². The molecule has 0 bridgehead atoms. The van der Waals surface area contributed by atoms with Gasteiger partial charge in [-0.2, -0.15) is 4.98 Å². The maximum absolute atomic E-state index is 11.7. The molecule has 4 aromatic rings. The largest absolute Gasteiger partial charge is 0.467 e. The molecular weight excluding hydrogens is 464 g/mol. The van der Waals surface area contributed by atoms with Crippen molar-refractivity contribution in [3.05, 3.63) is 53.8 Å². The number of rotatable bonds is 7. The van der Waals surface area contributed by atoms with Gasteiger partial charge in [0, 0.05) is 61.0 Å². The number of aromatic nitrogens is 4. The summed E-state index contributed by atoms with van der Waals surface area (Å²) in [5, 5.41) is 6.40. The van der Waals surface area contributed by atoms with Gasteiger partial charge in [0.25, 0.3) is 5.19 Å². The van der Waals surface area contributed by atoms with Crippen molar-refractivity contribution in [1.29, 1.82) is 0 Å². The van der Waals surface area contributed by atoms with Crippen LogP contribution in [-0.4, -0.2) is 51.4 Å². The third kappa shape index (κ3) is 5.22. The lowest BCUT2D eigenvalue weighted by atomic mass is 10.1. The van der Waals surface area contributed by atoms with E-state index in [0.29, 0.717) is 17.5 Å². The van der Waals surface area contributed by atoms with Crippen molar-refractivity contribution in [2.24, 2.45) is 0 Å². The first-order chi connectivity index (χ1) is 17.1. The van der Waals surface area contributed by atoms with E-state index in [1.54, 1.807) is 6.92 Å². The second kappa shape index (κ2) is 10.3. The van der Waals surface area contributed by atoms with Crippen LogP contribution in [0, 0.1) is 0 Å². The molecule has 9 nitrogen and oxygen atoms in total. The van der Waals surface area contributed by atoms with Gasteiger partial charge in [-0.3, -0.25) is 5.32 Å². The Bertz CT molecular complexity index is 1290. The van der Waals surface area contributed by atoms with Crippen LogP contribution in [0.5, 0.6) is 5.19 Å². The fourth-order valence-electron chi connectivity index (χ4n) is 4.13. The highest BCUT2D eigenvalue weighted by Gasteiger charge is 2.23. The van der Waals surface area contributed by atoms with Gasteiger partial charge in [0.05, 0.1) is 12.1 Å². The summed E-state index contributed by atoms with van der Waals surface area (Å²) in [7, 11) is 0. The summed E-state index contributed by atoms with van der Waals surface area (Å²) in [5.41, 5.74) is 2.84. The second-order valence-corrected chi connectivity index (χ2v) is 9.15. The number of carbonyl (C=O) groups is 1. The number of piperidine rings is 1. The highest BCUT2D eigenvalue weighted by molar-refractivity contribution is 7.11. The molecule has 0 saturated carbocycles. The van der Waals surface area contributed by atoms with Crippen molar-refractivity contribution >= 4 is 40.0 Å². The number of hydrogen-bond acceptors (Lipinski definition) is 8. The number of amides is 1. The Balaban J connectivity index is 1.20. The van der Waals surface area contributed by atoms with Gasteiger partial charge in [-0.05, 0) is 43.2 Å². The average molecular weight is 493 g/mol. The van der Waals surface area contributed by atoms with Gasteiger partial charge < -0.3 is 18.9 Å². The van der Waals surface area contributed by atoms with Crippen LogP contribution in [0.25, 0.3) is 16.7 Å². The molecule has 10 heteroatoms. The maximum Gasteiger partial charge on any atom is 0.411 e. The summed E-state index contributed by atoms with van der Waals surface area (Å²) in [6.07, 6.45) is 8.19. The molecule has 0 spiro atoms. The molecular formula is C25H28N6O3S. The summed E-state index contributed by atoms with van der Waals surface area (Å²) in [5.74, 6) is 1.60. The third-order valence-corrected chi connectivity index (χ3v) is 6.74. The summed E-state index contributed by atoms with van der Waals surface area (Å²) in [6.45, 7) is 5.93. The van der Waals surface area contributed by atoms with Crippen LogP contribution in [0.4, 0.5) is 16.4 Å². The van der Waals surface area contributed by atoms with Crippen LogP contribution in [0.15, 0.2) is 48.2 Å². The lowest BCUT2D eigenvalue weighted by Gasteiger charge is -2.31. The van der Waals surface area contributed by atoms with Crippen LogP contribution in [0.2, 0.25) is 0 Å². The predicted molar refractivity (Wildman–Crippen MR) is 137 cm³/mol. The van der Waals surface area contributed by atoms with Gasteiger partial charge >= 0.3 is 6.09 Å². The fourth-order valence-corrected chi connectivity index (χ4v) is 4.84. The molecule has 1 aliphatic rings. The molecule has 3 aromatic heterocycles. The monoisotopic (exact) mass is 492 g/mol. The number of carbonyl (C=O) groups excluding carboxylic acids is 1. The minimum absolute atomic E-state index is 0.123. The van der Waals surface area contributed by atoms with E-state index in [2.05, 4.69) is 27.1 Å². The first kappa shape index (κ1) is 23.1. The number of aryl methyl sites for hydroxylation is 1. The molecule has 182 valence electrons. The highest BCUT2D eigenvalue weighted by Crippen LogP contribution is 2.29. The first-order valence-corrected chi connectivity index (χ1v) is 12.7. The van der Waals surface area contributed by atoms with Gasteiger partial charge in [0.1, 0.15) is 6.10 Å². The minimum atomic E-state index is -0.458. The zero-order chi connectivity index (χ0) is 24.2. The van der Waals surface area contributed by atoms with E-state index < -0.39 is 6.09 Å². The van der Waals surface area contributed by atoms with E-state index in [-0.39, 0.29) is 6.10 Å². The predicted octanol–water partition coefficient (Wildman–Crippen LogP) is 5.06. The lowest BCUT2D eigenvalue weighted by Crippen LogP contribution is -2.39. The normalized spacial score (nSPS) is 14.3. The first-order valence-electron chi connectivity index (χ1n) is 11.9. The smallest absolute Gasteiger partial charge is 0.411 e. The van der Waals surface area contributed by atoms with E-state index in [1.807, 2.05) is 52.8 Å². The number of benzene rings is 1. The molecule has 0 radical (unpaired) electrons.